The van der Waals surface area contributed by atoms with Gasteiger partial charge in [0, 0.05) is 32.6 Å². The molecule has 0 aliphatic heterocycles. The fourth-order valence-electron chi connectivity index (χ4n) is 1.37. The van der Waals surface area contributed by atoms with E-state index in [4.69, 9.17) is 5.73 Å². The number of amides is 2. The highest BCUT2D eigenvalue weighted by atomic mass is 16.2. The number of hydrogen-bond acceptors (Lipinski definition) is 4. The van der Waals surface area contributed by atoms with Gasteiger partial charge in [-0.3, -0.25) is 14.5 Å². The van der Waals surface area contributed by atoms with E-state index in [0.717, 1.165) is 0 Å². The first-order valence-electron chi connectivity index (χ1n) is 5.38. The minimum Gasteiger partial charge on any atom is -0.359 e. The molecule has 0 aliphatic carbocycles. The topological polar surface area (TPSA) is 87.5 Å². The maximum atomic E-state index is 11.3. The summed E-state index contributed by atoms with van der Waals surface area (Å²) in [6, 6.07) is 0. The number of nitrogens with two attached hydrogens (primary N) is 1. The standard InChI is InChI=1S/C10H22N4O2/c1-8(10(16)12-2)6-14(3)7-9(15)13-5-4-11/h8H,4-7,11H2,1-3H3,(H,12,16)(H,13,15). The third-order valence-electron chi connectivity index (χ3n) is 2.16. The van der Waals surface area contributed by atoms with E-state index >= 15 is 0 Å². The number of nitrogens with one attached hydrogen (secondary N) is 2. The van der Waals surface area contributed by atoms with Gasteiger partial charge in [-0.05, 0) is 7.05 Å². The van der Waals surface area contributed by atoms with Crippen molar-refractivity contribution in [2.24, 2.45) is 11.7 Å². The fraction of sp³-hybridized carbons (Fsp3) is 0.800. The minimum atomic E-state index is -0.127. The molecule has 94 valence electrons. The van der Waals surface area contributed by atoms with E-state index in [1.54, 1.807) is 7.05 Å². The summed E-state index contributed by atoms with van der Waals surface area (Å²) in [4.78, 5) is 24.4. The second-order valence-corrected chi connectivity index (χ2v) is 3.85. The van der Waals surface area contributed by atoms with Gasteiger partial charge in [-0.1, -0.05) is 6.92 Å². The minimum absolute atomic E-state index is 0.0192. The van der Waals surface area contributed by atoms with Crippen LogP contribution in [-0.2, 0) is 9.59 Å². The molecule has 0 rings (SSSR count). The van der Waals surface area contributed by atoms with Gasteiger partial charge in [0.1, 0.15) is 0 Å². The average molecular weight is 230 g/mol. The molecule has 0 aromatic rings. The zero-order valence-corrected chi connectivity index (χ0v) is 10.2. The van der Waals surface area contributed by atoms with Crippen molar-refractivity contribution in [2.45, 2.75) is 6.92 Å². The molecule has 0 fully saturated rings. The van der Waals surface area contributed by atoms with Gasteiger partial charge in [0.15, 0.2) is 0 Å². The third-order valence-corrected chi connectivity index (χ3v) is 2.16. The van der Waals surface area contributed by atoms with Crippen LogP contribution in [0.15, 0.2) is 0 Å². The number of nitrogens with zero attached hydrogens (tertiary/aromatic N) is 1. The monoisotopic (exact) mass is 230 g/mol. The van der Waals surface area contributed by atoms with Gasteiger partial charge >= 0.3 is 0 Å². The summed E-state index contributed by atoms with van der Waals surface area (Å²) in [5, 5.41) is 5.25. The van der Waals surface area contributed by atoms with Crippen LogP contribution in [-0.4, -0.2) is 57.0 Å². The van der Waals surface area contributed by atoms with Crippen LogP contribution in [0.5, 0.6) is 0 Å². The van der Waals surface area contributed by atoms with E-state index in [0.29, 0.717) is 19.6 Å². The molecule has 0 spiro atoms. The lowest BCUT2D eigenvalue weighted by Gasteiger charge is -2.19. The Balaban J connectivity index is 3.84. The molecular weight excluding hydrogens is 208 g/mol. The van der Waals surface area contributed by atoms with Gasteiger partial charge in [0.05, 0.1) is 6.54 Å². The average Bonchev–Trinajstić information content (AvgIpc) is 2.24. The Morgan fingerprint density at radius 2 is 2.06 bits per heavy atom. The summed E-state index contributed by atoms with van der Waals surface area (Å²) in [5.74, 6) is -0.219. The summed E-state index contributed by atoms with van der Waals surface area (Å²) in [6.45, 7) is 3.58. The van der Waals surface area contributed by atoms with Crippen molar-refractivity contribution < 1.29 is 9.59 Å². The predicted molar refractivity (Wildman–Crippen MR) is 62.8 cm³/mol. The Bertz CT molecular complexity index is 233. The molecule has 6 nitrogen and oxygen atoms in total. The highest BCUT2D eigenvalue weighted by Crippen LogP contribution is 1.97. The quantitative estimate of drug-likeness (QED) is 0.490. The molecular formula is C10H22N4O2. The first kappa shape index (κ1) is 14.9. The van der Waals surface area contributed by atoms with Crippen molar-refractivity contribution in [2.75, 3.05) is 40.3 Å². The fourth-order valence-corrected chi connectivity index (χ4v) is 1.37. The molecule has 0 aromatic carbocycles. The smallest absolute Gasteiger partial charge is 0.234 e. The number of rotatable bonds is 7. The normalized spacial score (nSPS) is 12.3. The maximum absolute atomic E-state index is 11.3. The summed E-state index contributed by atoms with van der Waals surface area (Å²) < 4.78 is 0. The second kappa shape index (κ2) is 8.06. The summed E-state index contributed by atoms with van der Waals surface area (Å²) >= 11 is 0. The molecule has 0 heterocycles. The first-order valence-corrected chi connectivity index (χ1v) is 5.38. The van der Waals surface area contributed by atoms with Crippen molar-refractivity contribution in [3.8, 4) is 0 Å². The van der Waals surface area contributed by atoms with E-state index in [9.17, 15) is 9.59 Å². The highest BCUT2D eigenvalue weighted by Gasteiger charge is 2.14. The predicted octanol–water partition coefficient (Wildman–Crippen LogP) is -1.62. The van der Waals surface area contributed by atoms with E-state index in [1.165, 1.54) is 0 Å². The van der Waals surface area contributed by atoms with Gasteiger partial charge in [0.2, 0.25) is 11.8 Å². The van der Waals surface area contributed by atoms with Crippen LogP contribution in [0, 0.1) is 5.92 Å². The molecule has 16 heavy (non-hydrogen) atoms. The molecule has 0 aliphatic rings. The zero-order chi connectivity index (χ0) is 12.6. The van der Waals surface area contributed by atoms with Gasteiger partial charge in [-0.15, -0.1) is 0 Å². The number of likely N-dealkylation sites (N-methyl/N-ethyl adjacent to an activating group) is 1. The largest absolute Gasteiger partial charge is 0.359 e. The second-order valence-electron chi connectivity index (χ2n) is 3.85. The lowest BCUT2D eigenvalue weighted by atomic mass is 10.1. The van der Waals surface area contributed by atoms with Crippen LogP contribution < -0.4 is 16.4 Å². The molecule has 4 N–H and O–H groups in total. The number of hydrogen-bond donors (Lipinski definition) is 3. The first-order chi connectivity index (χ1) is 7.51. The molecule has 1 atom stereocenters. The van der Waals surface area contributed by atoms with E-state index < -0.39 is 0 Å². The summed E-state index contributed by atoms with van der Waals surface area (Å²) in [6.07, 6.45) is 0. The molecule has 2 amide bonds. The van der Waals surface area contributed by atoms with Crippen LogP contribution in [0.4, 0.5) is 0 Å². The zero-order valence-electron chi connectivity index (χ0n) is 10.2. The molecule has 0 radical (unpaired) electrons. The van der Waals surface area contributed by atoms with Crippen molar-refractivity contribution in [1.29, 1.82) is 0 Å². The number of carbonyl (C=O) groups excluding carboxylic acids is 2. The van der Waals surface area contributed by atoms with Crippen LogP contribution in [0.1, 0.15) is 6.92 Å². The third kappa shape index (κ3) is 6.36. The lowest BCUT2D eigenvalue weighted by molar-refractivity contribution is -0.126. The maximum Gasteiger partial charge on any atom is 0.234 e. The van der Waals surface area contributed by atoms with Gasteiger partial charge < -0.3 is 16.4 Å². The van der Waals surface area contributed by atoms with Crippen LogP contribution in [0.25, 0.3) is 0 Å². The summed E-state index contributed by atoms with van der Waals surface area (Å²) in [5.41, 5.74) is 5.26. The van der Waals surface area contributed by atoms with Crippen LogP contribution in [0.3, 0.4) is 0 Å². The van der Waals surface area contributed by atoms with Gasteiger partial charge in [0.25, 0.3) is 0 Å². The molecule has 0 bridgehead atoms. The van der Waals surface area contributed by atoms with Gasteiger partial charge in [-0.25, -0.2) is 0 Å². The SMILES string of the molecule is CNC(=O)C(C)CN(C)CC(=O)NCCN. The van der Waals surface area contributed by atoms with Gasteiger partial charge in [-0.2, -0.15) is 0 Å². The lowest BCUT2D eigenvalue weighted by Crippen LogP contribution is -2.41. The molecule has 0 saturated heterocycles. The molecule has 1 unspecified atom stereocenters. The Morgan fingerprint density at radius 1 is 1.44 bits per heavy atom. The Morgan fingerprint density at radius 3 is 2.56 bits per heavy atom. The van der Waals surface area contributed by atoms with Crippen LogP contribution >= 0.6 is 0 Å². The molecule has 6 heteroatoms. The highest BCUT2D eigenvalue weighted by molar-refractivity contribution is 5.79. The Labute approximate surface area is 96.5 Å². The van der Waals surface area contributed by atoms with E-state index in [-0.39, 0.29) is 24.3 Å². The Kier molecular flexibility index (Phi) is 7.49. The number of carbonyl (C=O) groups is 2. The molecule has 0 saturated carbocycles. The van der Waals surface area contributed by atoms with Crippen molar-refractivity contribution in [3.05, 3.63) is 0 Å². The Hall–Kier alpha value is -1.14. The van der Waals surface area contributed by atoms with Crippen molar-refractivity contribution in [3.63, 3.8) is 0 Å². The van der Waals surface area contributed by atoms with E-state index in [2.05, 4.69) is 10.6 Å². The summed E-state index contributed by atoms with van der Waals surface area (Å²) in [7, 11) is 3.41. The molecule has 0 aromatic heterocycles. The van der Waals surface area contributed by atoms with Crippen molar-refractivity contribution >= 4 is 11.8 Å². The van der Waals surface area contributed by atoms with E-state index in [1.807, 2.05) is 18.9 Å². The van der Waals surface area contributed by atoms with Crippen molar-refractivity contribution in [1.82, 2.24) is 15.5 Å². The van der Waals surface area contributed by atoms with Crippen LogP contribution in [0.2, 0.25) is 0 Å².